The summed E-state index contributed by atoms with van der Waals surface area (Å²) in [7, 11) is 1.97. The van der Waals surface area contributed by atoms with E-state index in [9.17, 15) is 0 Å². The lowest BCUT2D eigenvalue weighted by Crippen LogP contribution is -2.25. The van der Waals surface area contributed by atoms with Gasteiger partial charge in [-0.15, -0.1) is 11.3 Å². The molecule has 0 radical (unpaired) electrons. The topological polar surface area (TPSA) is 42.7 Å². The number of halogens is 1. The molecule has 0 aliphatic rings. The molecule has 0 spiro atoms. The molecule has 0 aliphatic carbocycles. The first-order chi connectivity index (χ1) is 10.1. The third-order valence-corrected chi connectivity index (χ3v) is 5.12. The van der Waals surface area contributed by atoms with Crippen LogP contribution >= 0.6 is 22.9 Å². The lowest BCUT2D eigenvalue weighted by molar-refractivity contribution is 0.516. The van der Waals surface area contributed by atoms with E-state index in [0.717, 1.165) is 47.9 Å². The third kappa shape index (κ3) is 3.65. The molecule has 0 saturated heterocycles. The fourth-order valence-corrected chi connectivity index (χ4v) is 3.71. The second-order valence-electron chi connectivity index (χ2n) is 5.20. The summed E-state index contributed by atoms with van der Waals surface area (Å²) in [4.78, 5) is 5.67. The van der Waals surface area contributed by atoms with E-state index in [1.165, 1.54) is 4.88 Å². The van der Waals surface area contributed by atoms with Crippen LogP contribution in [0.5, 0.6) is 0 Å². The number of hydrogen-bond donors (Lipinski definition) is 1. The van der Waals surface area contributed by atoms with Crippen LogP contribution in [-0.2, 0) is 19.9 Å². The average molecular weight is 327 g/mol. The van der Waals surface area contributed by atoms with Crippen LogP contribution in [-0.4, -0.2) is 21.3 Å². The van der Waals surface area contributed by atoms with Crippen molar-refractivity contribution in [1.82, 2.24) is 20.1 Å². The molecule has 4 nitrogen and oxygen atoms in total. The maximum Gasteiger partial charge on any atom is 0.0850 e. The molecule has 21 heavy (non-hydrogen) atoms. The van der Waals surface area contributed by atoms with E-state index >= 15 is 0 Å². The molecule has 0 fully saturated rings. The molecule has 2 heterocycles. The first-order valence-electron chi connectivity index (χ1n) is 7.42. The monoisotopic (exact) mass is 326 g/mol. The molecule has 0 saturated carbocycles. The fraction of sp³-hybridized carbons (Fsp3) is 0.600. The Morgan fingerprint density at radius 1 is 1.43 bits per heavy atom. The van der Waals surface area contributed by atoms with Crippen LogP contribution in [0.15, 0.2) is 5.51 Å². The normalized spacial score (nSPS) is 12.8. The van der Waals surface area contributed by atoms with Gasteiger partial charge in [0, 0.05) is 24.4 Å². The van der Waals surface area contributed by atoms with Gasteiger partial charge in [-0.25, -0.2) is 4.98 Å². The molecule has 116 valence electrons. The Hall–Kier alpha value is -0.910. The predicted octanol–water partition coefficient (Wildman–Crippen LogP) is 3.68. The SMILES string of the molecule is CCCNC(Cc1c(Cl)c(CC)nn1C)c1scnc1C. The number of aryl methyl sites for hydroxylation is 3. The first kappa shape index (κ1) is 16.5. The molecule has 0 aliphatic heterocycles. The molecule has 1 atom stereocenters. The van der Waals surface area contributed by atoms with Gasteiger partial charge in [-0.2, -0.15) is 5.10 Å². The molecule has 6 heteroatoms. The van der Waals surface area contributed by atoms with E-state index in [4.69, 9.17) is 11.6 Å². The number of hydrogen-bond acceptors (Lipinski definition) is 4. The zero-order valence-corrected chi connectivity index (χ0v) is 14.7. The predicted molar refractivity (Wildman–Crippen MR) is 89.2 cm³/mol. The molecule has 1 unspecified atom stereocenters. The summed E-state index contributed by atoms with van der Waals surface area (Å²) >= 11 is 8.19. The quantitative estimate of drug-likeness (QED) is 0.844. The van der Waals surface area contributed by atoms with Crippen LogP contribution in [0, 0.1) is 6.92 Å². The molecule has 2 aromatic rings. The van der Waals surface area contributed by atoms with E-state index in [1.807, 2.05) is 17.2 Å². The second-order valence-corrected chi connectivity index (χ2v) is 6.46. The van der Waals surface area contributed by atoms with Crippen LogP contribution in [0.25, 0.3) is 0 Å². The van der Waals surface area contributed by atoms with Gasteiger partial charge >= 0.3 is 0 Å². The Morgan fingerprint density at radius 2 is 2.19 bits per heavy atom. The number of nitrogens with one attached hydrogen (secondary N) is 1. The lowest BCUT2D eigenvalue weighted by atomic mass is 10.1. The third-order valence-electron chi connectivity index (χ3n) is 3.64. The Balaban J connectivity index is 2.27. The van der Waals surface area contributed by atoms with Gasteiger partial charge in [-0.1, -0.05) is 25.4 Å². The van der Waals surface area contributed by atoms with Crippen molar-refractivity contribution in [3.05, 3.63) is 32.5 Å². The maximum atomic E-state index is 6.49. The highest BCUT2D eigenvalue weighted by atomic mass is 35.5. The first-order valence-corrected chi connectivity index (χ1v) is 8.67. The molecular weight excluding hydrogens is 304 g/mol. The zero-order chi connectivity index (χ0) is 15.4. The second kappa shape index (κ2) is 7.38. The summed E-state index contributed by atoms with van der Waals surface area (Å²) in [5.74, 6) is 0. The van der Waals surface area contributed by atoms with E-state index < -0.39 is 0 Å². The van der Waals surface area contributed by atoms with Gasteiger partial charge in [0.1, 0.15) is 0 Å². The summed E-state index contributed by atoms with van der Waals surface area (Å²) in [6, 6.07) is 0.245. The van der Waals surface area contributed by atoms with Crippen LogP contribution in [0.2, 0.25) is 5.02 Å². The summed E-state index contributed by atoms with van der Waals surface area (Å²) in [5.41, 5.74) is 5.08. The van der Waals surface area contributed by atoms with Crippen LogP contribution < -0.4 is 5.32 Å². The number of nitrogens with zero attached hydrogens (tertiary/aromatic N) is 3. The van der Waals surface area contributed by atoms with Gasteiger partial charge in [0.25, 0.3) is 0 Å². The smallest absolute Gasteiger partial charge is 0.0850 e. The average Bonchev–Trinajstić information content (AvgIpc) is 3.00. The minimum atomic E-state index is 0.245. The van der Waals surface area contributed by atoms with Crippen molar-refractivity contribution in [2.45, 2.75) is 46.1 Å². The molecule has 0 amide bonds. The van der Waals surface area contributed by atoms with Crippen molar-refractivity contribution >= 4 is 22.9 Å². The van der Waals surface area contributed by atoms with Crippen LogP contribution in [0.1, 0.15) is 48.3 Å². The summed E-state index contributed by atoms with van der Waals surface area (Å²) in [5, 5.41) is 8.93. The summed E-state index contributed by atoms with van der Waals surface area (Å²) in [6.45, 7) is 7.31. The van der Waals surface area contributed by atoms with Crippen molar-refractivity contribution in [3.63, 3.8) is 0 Å². The summed E-state index contributed by atoms with van der Waals surface area (Å²) < 4.78 is 1.91. The van der Waals surface area contributed by atoms with Crippen molar-refractivity contribution in [3.8, 4) is 0 Å². The fourth-order valence-electron chi connectivity index (χ4n) is 2.46. The van der Waals surface area contributed by atoms with E-state index in [0.29, 0.717) is 0 Å². The lowest BCUT2D eigenvalue weighted by Gasteiger charge is -2.18. The standard InChI is InChI=1S/C15H23ClN4S/c1-5-7-17-12(15-10(3)18-9-21-15)8-13-14(16)11(6-2)19-20(13)4/h9,12,17H,5-8H2,1-4H3. The zero-order valence-electron chi connectivity index (χ0n) is 13.1. The van der Waals surface area contributed by atoms with Crippen molar-refractivity contribution in [2.24, 2.45) is 7.05 Å². The largest absolute Gasteiger partial charge is 0.309 e. The van der Waals surface area contributed by atoms with Crippen LogP contribution in [0.4, 0.5) is 0 Å². The van der Waals surface area contributed by atoms with Gasteiger partial charge in [0.15, 0.2) is 0 Å². The molecule has 0 aromatic carbocycles. The van der Waals surface area contributed by atoms with Gasteiger partial charge < -0.3 is 5.32 Å². The van der Waals surface area contributed by atoms with Crippen molar-refractivity contribution in [1.29, 1.82) is 0 Å². The van der Waals surface area contributed by atoms with Gasteiger partial charge in [0.2, 0.25) is 0 Å². The molecule has 2 aromatic heterocycles. The highest BCUT2D eigenvalue weighted by Crippen LogP contribution is 2.29. The van der Waals surface area contributed by atoms with Crippen molar-refractivity contribution < 1.29 is 0 Å². The highest BCUT2D eigenvalue weighted by molar-refractivity contribution is 7.09. The van der Waals surface area contributed by atoms with E-state index in [-0.39, 0.29) is 6.04 Å². The maximum absolute atomic E-state index is 6.49. The Labute approximate surface area is 135 Å². The number of aromatic nitrogens is 3. The summed E-state index contributed by atoms with van der Waals surface area (Å²) in [6.07, 6.45) is 2.80. The van der Waals surface area contributed by atoms with E-state index in [1.54, 1.807) is 11.3 Å². The molecule has 0 bridgehead atoms. The Morgan fingerprint density at radius 3 is 2.71 bits per heavy atom. The van der Waals surface area contributed by atoms with Gasteiger partial charge in [0.05, 0.1) is 27.6 Å². The van der Waals surface area contributed by atoms with Crippen molar-refractivity contribution in [2.75, 3.05) is 6.54 Å². The highest BCUT2D eigenvalue weighted by Gasteiger charge is 2.21. The van der Waals surface area contributed by atoms with Crippen LogP contribution in [0.3, 0.4) is 0 Å². The molecule has 1 N–H and O–H groups in total. The van der Waals surface area contributed by atoms with E-state index in [2.05, 4.69) is 36.2 Å². The minimum absolute atomic E-state index is 0.245. The Bertz CT molecular complexity index is 591. The van der Waals surface area contributed by atoms with Gasteiger partial charge in [-0.05, 0) is 26.3 Å². The molecular formula is C15H23ClN4S. The Kier molecular flexibility index (Phi) is 5.79. The minimum Gasteiger partial charge on any atom is -0.309 e. The number of thiazole rings is 1. The molecule has 2 rings (SSSR count). The number of rotatable bonds is 7. The van der Waals surface area contributed by atoms with Gasteiger partial charge in [-0.3, -0.25) is 4.68 Å².